The van der Waals surface area contributed by atoms with Gasteiger partial charge in [0.2, 0.25) is 0 Å². The second kappa shape index (κ2) is 5.55. The van der Waals surface area contributed by atoms with Crippen LogP contribution in [0.15, 0.2) is 0 Å². The Hall–Kier alpha value is -0.640. The van der Waals surface area contributed by atoms with Gasteiger partial charge in [0.25, 0.3) is 10.2 Å². The second-order valence-electron chi connectivity index (χ2n) is 5.21. The number of rotatable bonds is 5. The predicted molar refractivity (Wildman–Crippen MR) is 68.9 cm³/mol. The molecule has 0 N–H and O–H groups in total. The van der Waals surface area contributed by atoms with E-state index in [9.17, 15) is 8.42 Å². The molecule has 1 aliphatic heterocycles. The first-order valence-corrected chi connectivity index (χ1v) is 8.12. The zero-order chi connectivity index (χ0) is 13.2. The van der Waals surface area contributed by atoms with Crippen LogP contribution in [0, 0.1) is 11.3 Å². The van der Waals surface area contributed by atoms with Gasteiger partial charge in [0.05, 0.1) is 6.07 Å². The molecule has 18 heavy (non-hydrogen) atoms. The van der Waals surface area contributed by atoms with Crippen LogP contribution in [0.1, 0.15) is 45.4 Å². The van der Waals surface area contributed by atoms with E-state index in [0.717, 1.165) is 32.1 Å². The smallest absolute Gasteiger partial charge is 0.198 e. The van der Waals surface area contributed by atoms with Gasteiger partial charge in [-0.15, -0.1) is 0 Å². The van der Waals surface area contributed by atoms with Crippen LogP contribution in [0.3, 0.4) is 0 Å². The molecule has 1 aliphatic carbocycles. The Kier molecular flexibility index (Phi) is 4.25. The molecule has 1 saturated carbocycles. The Morgan fingerprint density at radius 2 is 2.06 bits per heavy atom. The first-order chi connectivity index (χ1) is 8.57. The standard InChI is InChI=1S/C12H21N3O2S/c1-11-5-2-3-9-14(11)18(16,17)15(10-4-8-13)12-6-7-12/h11-12H,2-7,9-10H2,1H3. The van der Waals surface area contributed by atoms with Gasteiger partial charge in [0.15, 0.2) is 0 Å². The van der Waals surface area contributed by atoms with Crippen molar-refractivity contribution in [2.45, 2.75) is 57.5 Å². The van der Waals surface area contributed by atoms with Gasteiger partial charge < -0.3 is 0 Å². The molecule has 0 spiro atoms. The fourth-order valence-electron chi connectivity index (χ4n) is 2.56. The molecule has 6 heteroatoms. The quantitative estimate of drug-likeness (QED) is 0.761. The summed E-state index contributed by atoms with van der Waals surface area (Å²) in [5.74, 6) is 0. The Labute approximate surface area is 110 Å². The number of piperidine rings is 1. The highest BCUT2D eigenvalue weighted by atomic mass is 32.2. The van der Waals surface area contributed by atoms with Gasteiger partial charge >= 0.3 is 0 Å². The van der Waals surface area contributed by atoms with Gasteiger partial charge in [-0.1, -0.05) is 6.42 Å². The van der Waals surface area contributed by atoms with Crippen LogP contribution in [0.25, 0.3) is 0 Å². The molecule has 1 saturated heterocycles. The lowest BCUT2D eigenvalue weighted by Crippen LogP contribution is -2.50. The first-order valence-electron chi connectivity index (χ1n) is 6.73. The third kappa shape index (κ3) is 2.85. The lowest BCUT2D eigenvalue weighted by Gasteiger charge is -2.36. The molecule has 5 nitrogen and oxygen atoms in total. The minimum atomic E-state index is -3.37. The summed E-state index contributed by atoms with van der Waals surface area (Å²) in [6, 6.07) is 2.27. The van der Waals surface area contributed by atoms with Gasteiger partial charge in [0.1, 0.15) is 0 Å². The zero-order valence-electron chi connectivity index (χ0n) is 10.9. The van der Waals surface area contributed by atoms with Crippen LogP contribution >= 0.6 is 0 Å². The third-order valence-corrected chi connectivity index (χ3v) is 5.94. The van der Waals surface area contributed by atoms with E-state index in [4.69, 9.17) is 5.26 Å². The van der Waals surface area contributed by atoms with Crippen molar-refractivity contribution in [1.82, 2.24) is 8.61 Å². The molecule has 2 rings (SSSR count). The molecule has 0 aromatic carbocycles. The fourth-order valence-corrected chi connectivity index (χ4v) is 4.66. The average molecular weight is 271 g/mol. The van der Waals surface area contributed by atoms with Crippen molar-refractivity contribution in [3.05, 3.63) is 0 Å². The highest BCUT2D eigenvalue weighted by Gasteiger charge is 2.41. The van der Waals surface area contributed by atoms with Gasteiger partial charge in [-0.25, -0.2) is 0 Å². The number of nitriles is 1. The summed E-state index contributed by atoms with van der Waals surface area (Å²) in [6.45, 7) is 2.94. The molecule has 0 radical (unpaired) electrons. The van der Waals surface area contributed by atoms with E-state index < -0.39 is 10.2 Å². The Morgan fingerprint density at radius 1 is 1.33 bits per heavy atom. The van der Waals surface area contributed by atoms with E-state index in [-0.39, 0.29) is 18.5 Å². The summed E-state index contributed by atoms with van der Waals surface area (Å²) in [5.41, 5.74) is 0. The largest absolute Gasteiger partial charge is 0.282 e. The van der Waals surface area contributed by atoms with Crippen molar-refractivity contribution in [3.8, 4) is 6.07 Å². The highest BCUT2D eigenvalue weighted by molar-refractivity contribution is 7.86. The normalized spacial score (nSPS) is 26.2. The summed E-state index contributed by atoms with van der Waals surface area (Å²) in [6.07, 6.45) is 5.14. The summed E-state index contributed by atoms with van der Waals surface area (Å²) >= 11 is 0. The van der Waals surface area contributed by atoms with Gasteiger partial charge in [-0.3, -0.25) is 0 Å². The van der Waals surface area contributed by atoms with Gasteiger partial charge in [-0.2, -0.15) is 22.3 Å². The van der Waals surface area contributed by atoms with Crippen LogP contribution in [-0.2, 0) is 10.2 Å². The lowest BCUT2D eigenvalue weighted by molar-refractivity contribution is 0.243. The van der Waals surface area contributed by atoms with Crippen molar-refractivity contribution in [1.29, 1.82) is 5.26 Å². The maximum absolute atomic E-state index is 12.6. The Balaban J connectivity index is 2.13. The van der Waals surface area contributed by atoms with Crippen LogP contribution in [0.4, 0.5) is 0 Å². The highest BCUT2D eigenvalue weighted by Crippen LogP contribution is 2.32. The second-order valence-corrected chi connectivity index (χ2v) is 7.05. The minimum absolute atomic E-state index is 0.0899. The summed E-state index contributed by atoms with van der Waals surface area (Å²) in [5, 5.41) is 8.66. The van der Waals surface area contributed by atoms with Crippen LogP contribution < -0.4 is 0 Å². The van der Waals surface area contributed by atoms with Crippen molar-refractivity contribution in [2.24, 2.45) is 0 Å². The molecule has 102 valence electrons. The van der Waals surface area contributed by atoms with E-state index in [0.29, 0.717) is 13.1 Å². The van der Waals surface area contributed by atoms with E-state index in [1.165, 1.54) is 0 Å². The van der Waals surface area contributed by atoms with E-state index >= 15 is 0 Å². The van der Waals surface area contributed by atoms with E-state index in [1.54, 1.807) is 8.61 Å². The SMILES string of the molecule is CC1CCCCN1S(=O)(=O)N(CCC#N)C1CC1. The molecule has 1 heterocycles. The summed E-state index contributed by atoms with van der Waals surface area (Å²) in [4.78, 5) is 0. The molecule has 1 atom stereocenters. The molecule has 2 fully saturated rings. The fraction of sp³-hybridized carbons (Fsp3) is 0.917. The van der Waals surface area contributed by atoms with Crippen molar-refractivity contribution in [3.63, 3.8) is 0 Å². The lowest BCUT2D eigenvalue weighted by atomic mass is 10.1. The van der Waals surface area contributed by atoms with Crippen molar-refractivity contribution < 1.29 is 8.42 Å². The summed E-state index contributed by atoms with van der Waals surface area (Å²) < 4.78 is 28.4. The maximum atomic E-state index is 12.6. The number of hydrogen-bond acceptors (Lipinski definition) is 3. The van der Waals surface area contributed by atoms with Crippen molar-refractivity contribution >= 4 is 10.2 Å². The van der Waals surface area contributed by atoms with Gasteiger partial charge in [-0.05, 0) is 32.6 Å². The predicted octanol–water partition coefficient (Wildman–Crippen LogP) is 1.48. The van der Waals surface area contributed by atoms with E-state index in [2.05, 4.69) is 0 Å². The Morgan fingerprint density at radius 3 is 2.61 bits per heavy atom. The molecular weight excluding hydrogens is 250 g/mol. The third-order valence-electron chi connectivity index (χ3n) is 3.73. The van der Waals surface area contributed by atoms with Crippen molar-refractivity contribution in [2.75, 3.05) is 13.1 Å². The first kappa shape index (κ1) is 13.8. The van der Waals surface area contributed by atoms with Gasteiger partial charge in [0, 0.05) is 31.6 Å². The molecule has 0 aromatic rings. The van der Waals surface area contributed by atoms with Crippen LogP contribution in [-0.4, -0.2) is 42.2 Å². The topological polar surface area (TPSA) is 64.4 Å². The van der Waals surface area contributed by atoms with Crippen LogP contribution in [0.2, 0.25) is 0 Å². The molecule has 0 bridgehead atoms. The van der Waals surface area contributed by atoms with E-state index in [1.807, 2.05) is 13.0 Å². The summed E-state index contributed by atoms with van der Waals surface area (Å²) in [7, 11) is -3.37. The number of nitrogens with zero attached hydrogens (tertiary/aromatic N) is 3. The molecule has 0 amide bonds. The molecule has 0 aromatic heterocycles. The minimum Gasteiger partial charge on any atom is -0.198 e. The zero-order valence-corrected chi connectivity index (χ0v) is 11.7. The number of hydrogen-bond donors (Lipinski definition) is 0. The monoisotopic (exact) mass is 271 g/mol. The van der Waals surface area contributed by atoms with Crippen LogP contribution in [0.5, 0.6) is 0 Å². The maximum Gasteiger partial charge on any atom is 0.282 e. The molecule has 1 unspecified atom stereocenters. The Bertz CT molecular complexity index is 425. The molecular formula is C12H21N3O2S. The molecule has 2 aliphatic rings. The average Bonchev–Trinajstić information content (AvgIpc) is 3.14.